The van der Waals surface area contributed by atoms with Crippen LogP contribution in [0.4, 0.5) is 13.2 Å². The van der Waals surface area contributed by atoms with E-state index in [0.717, 1.165) is 23.4 Å². The summed E-state index contributed by atoms with van der Waals surface area (Å²) in [5, 5.41) is 6.68. The SMILES string of the molecule is CN(CCC(F)(F)F)C(=O)c1n[nH]c(C2CC2)c1Br. The summed E-state index contributed by atoms with van der Waals surface area (Å²) in [6, 6.07) is 0. The van der Waals surface area contributed by atoms with Crippen LogP contribution in [0.25, 0.3) is 0 Å². The summed E-state index contributed by atoms with van der Waals surface area (Å²) in [5.41, 5.74) is 0.999. The highest BCUT2D eigenvalue weighted by Gasteiger charge is 2.32. The molecule has 1 N–H and O–H groups in total. The van der Waals surface area contributed by atoms with E-state index in [1.807, 2.05) is 0 Å². The van der Waals surface area contributed by atoms with Gasteiger partial charge in [-0.1, -0.05) is 0 Å². The van der Waals surface area contributed by atoms with Crippen molar-refractivity contribution in [1.82, 2.24) is 15.1 Å². The van der Waals surface area contributed by atoms with Crippen molar-refractivity contribution in [3.63, 3.8) is 0 Å². The van der Waals surface area contributed by atoms with Crippen molar-refractivity contribution in [2.24, 2.45) is 0 Å². The zero-order chi connectivity index (χ0) is 14.2. The van der Waals surface area contributed by atoms with Crippen molar-refractivity contribution >= 4 is 21.8 Å². The van der Waals surface area contributed by atoms with Crippen LogP contribution in [-0.2, 0) is 0 Å². The molecular formula is C11H13BrF3N3O. The van der Waals surface area contributed by atoms with Gasteiger partial charge in [-0.25, -0.2) is 0 Å². The number of halogens is 4. The average molecular weight is 340 g/mol. The Hall–Kier alpha value is -1.05. The highest BCUT2D eigenvalue weighted by atomic mass is 79.9. The van der Waals surface area contributed by atoms with Crippen LogP contribution in [0.2, 0.25) is 0 Å². The Labute approximate surface area is 116 Å². The molecule has 8 heteroatoms. The summed E-state index contributed by atoms with van der Waals surface area (Å²) in [4.78, 5) is 13.0. The van der Waals surface area contributed by atoms with Gasteiger partial charge in [0.1, 0.15) is 0 Å². The van der Waals surface area contributed by atoms with Crippen molar-refractivity contribution < 1.29 is 18.0 Å². The Kier molecular flexibility index (Phi) is 3.89. The van der Waals surface area contributed by atoms with Gasteiger partial charge in [0.2, 0.25) is 0 Å². The van der Waals surface area contributed by atoms with Crippen LogP contribution in [0.5, 0.6) is 0 Å². The molecular weight excluding hydrogens is 327 g/mol. The van der Waals surface area contributed by atoms with Crippen LogP contribution in [0.1, 0.15) is 41.4 Å². The number of H-pyrrole nitrogens is 1. The van der Waals surface area contributed by atoms with Crippen LogP contribution < -0.4 is 0 Å². The summed E-state index contributed by atoms with van der Waals surface area (Å²) < 4.78 is 36.9. The first-order valence-electron chi connectivity index (χ1n) is 5.85. The lowest BCUT2D eigenvalue weighted by Gasteiger charge is -2.17. The van der Waals surface area contributed by atoms with Gasteiger partial charge in [-0.05, 0) is 28.8 Å². The Bertz CT molecular complexity index is 482. The number of nitrogens with one attached hydrogen (secondary N) is 1. The van der Waals surface area contributed by atoms with Crippen LogP contribution in [-0.4, -0.2) is 40.8 Å². The van der Waals surface area contributed by atoms with Gasteiger partial charge in [-0.15, -0.1) is 0 Å². The van der Waals surface area contributed by atoms with Crippen molar-refractivity contribution in [1.29, 1.82) is 0 Å². The molecule has 1 aromatic rings. The second-order valence-electron chi connectivity index (χ2n) is 4.67. The van der Waals surface area contributed by atoms with E-state index in [1.54, 1.807) is 0 Å². The predicted octanol–water partition coefficient (Wildman–Crippen LogP) is 3.07. The maximum absolute atomic E-state index is 12.1. The largest absolute Gasteiger partial charge is 0.390 e. The highest BCUT2D eigenvalue weighted by molar-refractivity contribution is 9.10. The monoisotopic (exact) mass is 339 g/mol. The van der Waals surface area contributed by atoms with Crippen LogP contribution in [0.15, 0.2) is 4.47 Å². The second kappa shape index (κ2) is 5.15. The maximum Gasteiger partial charge on any atom is 0.390 e. The number of hydrogen-bond acceptors (Lipinski definition) is 2. The minimum Gasteiger partial charge on any atom is -0.340 e. The molecule has 0 atom stereocenters. The quantitative estimate of drug-likeness (QED) is 0.916. The number of hydrogen-bond donors (Lipinski definition) is 1. The third-order valence-electron chi connectivity index (χ3n) is 3.00. The summed E-state index contributed by atoms with van der Waals surface area (Å²) in [6.45, 7) is -0.375. The molecule has 1 saturated carbocycles. The number of aromatic amines is 1. The summed E-state index contributed by atoms with van der Waals surface area (Å²) in [5.74, 6) is -0.136. The van der Waals surface area contributed by atoms with Gasteiger partial charge < -0.3 is 4.90 Å². The standard InChI is InChI=1S/C11H13BrF3N3O/c1-18(5-4-11(13,14)15)10(19)9-7(12)8(16-17-9)6-2-3-6/h6H,2-5H2,1H3,(H,16,17). The first-order chi connectivity index (χ1) is 8.79. The van der Waals surface area contributed by atoms with Gasteiger partial charge in [0.15, 0.2) is 5.69 Å². The smallest absolute Gasteiger partial charge is 0.340 e. The summed E-state index contributed by atoms with van der Waals surface area (Å²) in [7, 11) is 1.34. The first kappa shape index (κ1) is 14.4. The van der Waals surface area contributed by atoms with E-state index in [-0.39, 0.29) is 12.2 Å². The number of carbonyl (C=O) groups is 1. The summed E-state index contributed by atoms with van der Waals surface area (Å²) in [6.07, 6.45) is -3.21. The second-order valence-corrected chi connectivity index (χ2v) is 5.46. The third kappa shape index (κ3) is 3.49. The topological polar surface area (TPSA) is 49.0 Å². The number of alkyl halides is 3. The molecule has 1 aliphatic rings. The maximum atomic E-state index is 12.1. The van der Waals surface area contributed by atoms with Gasteiger partial charge >= 0.3 is 6.18 Å². The predicted molar refractivity (Wildman–Crippen MR) is 65.9 cm³/mol. The van der Waals surface area contributed by atoms with Crippen molar-refractivity contribution in [2.45, 2.75) is 31.4 Å². The molecule has 4 nitrogen and oxygen atoms in total. The van der Waals surface area contributed by atoms with Crippen molar-refractivity contribution in [3.8, 4) is 0 Å². The Morgan fingerprint density at radius 1 is 1.53 bits per heavy atom. The number of carbonyl (C=O) groups excluding carboxylic acids is 1. The molecule has 1 heterocycles. The normalized spacial score (nSPS) is 15.6. The molecule has 1 fully saturated rings. The van der Waals surface area contributed by atoms with Gasteiger partial charge in [0.05, 0.1) is 16.6 Å². The molecule has 0 bridgehead atoms. The fourth-order valence-corrected chi connectivity index (χ4v) is 2.37. The summed E-state index contributed by atoms with van der Waals surface area (Å²) >= 11 is 3.29. The molecule has 0 spiro atoms. The Morgan fingerprint density at radius 3 is 2.68 bits per heavy atom. The molecule has 1 amide bonds. The Balaban J connectivity index is 2.02. The van der Waals surface area contributed by atoms with Crippen LogP contribution in [0.3, 0.4) is 0 Å². The van der Waals surface area contributed by atoms with Gasteiger partial charge in [-0.3, -0.25) is 9.89 Å². The minimum absolute atomic E-state index is 0.145. The van der Waals surface area contributed by atoms with E-state index in [2.05, 4.69) is 26.1 Å². The van der Waals surface area contributed by atoms with Crippen LogP contribution >= 0.6 is 15.9 Å². The van der Waals surface area contributed by atoms with E-state index in [4.69, 9.17) is 0 Å². The lowest BCUT2D eigenvalue weighted by atomic mass is 10.2. The minimum atomic E-state index is -4.27. The number of amides is 1. The highest BCUT2D eigenvalue weighted by Crippen LogP contribution is 2.43. The van der Waals surface area contributed by atoms with E-state index < -0.39 is 18.5 Å². The number of nitrogens with zero attached hydrogens (tertiary/aromatic N) is 2. The third-order valence-corrected chi connectivity index (χ3v) is 3.80. The average Bonchev–Trinajstić information content (AvgIpc) is 3.08. The Morgan fingerprint density at radius 2 is 2.16 bits per heavy atom. The van der Waals surface area contributed by atoms with E-state index in [1.165, 1.54) is 7.05 Å². The molecule has 2 rings (SSSR count). The van der Waals surface area contributed by atoms with Crippen molar-refractivity contribution in [3.05, 3.63) is 15.9 Å². The molecule has 0 radical (unpaired) electrons. The van der Waals surface area contributed by atoms with Gasteiger partial charge in [0.25, 0.3) is 5.91 Å². The number of aromatic nitrogens is 2. The van der Waals surface area contributed by atoms with Gasteiger partial charge in [-0.2, -0.15) is 18.3 Å². The molecule has 106 valence electrons. The molecule has 1 aliphatic carbocycles. The lowest BCUT2D eigenvalue weighted by Crippen LogP contribution is -2.31. The van der Waals surface area contributed by atoms with E-state index >= 15 is 0 Å². The number of rotatable bonds is 4. The molecule has 0 aromatic carbocycles. The molecule has 0 saturated heterocycles. The molecule has 0 unspecified atom stereocenters. The molecule has 0 aliphatic heterocycles. The van der Waals surface area contributed by atoms with E-state index in [9.17, 15) is 18.0 Å². The van der Waals surface area contributed by atoms with Crippen molar-refractivity contribution in [2.75, 3.05) is 13.6 Å². The fourth-order valence-electron chi connectivity index (χ4n) is 1.70. The molecule has 1 aromatic heterocycles. The van der Waals surface area contributed by atoms with Crippen LogP contribution in [0, 0.1) is 0 Å². The van der Waals surface area contributed by atoms with E-state index in [0.29, 0.717) is 10.4 Å². The zero-order valence-corrected chi connectivity index (χ0v) is 11.8. The molecule has 19 heavy (non-hydrogen) atoms. The lowest BCUT2D eigenvalue weighted by molar-refractivity contribution is -0.136. The van der Waals surface area contributed by atoms with Gasteiger partial charge in [0, 0.05) is 19.5 Å². The zero-order valence-electron chi connectivity index (χ0n) is 10.2. The fraction of sp³-hybridized carbons (Fsp3) is 0.636. The first-order valence-corrected chi connectivity index (χ1v) is 6.65.